The third kappa shape index (κ3) is 4.89. The van der Waals surface area contributed by atoms with Gasteiger partial charge < -0.3 is 5.32 Å². The lowest BCUT2D eigenvalue weighted by Crippen LogP contribution is -2.29. The van der Waals surface area contributed by atoms with Crippen LogP contribution in [0.5, 0.6) is 0 Å². The second-order valence-electron chi connectivity index (χ2n) is 6.44. The first-order chi connectivity index (χ1) is 13.0. The Bertz CT molecular complexity index is 881. The molecular weight excluding hydrogens is 356 g/mol. The fourth-order valence-corrected chi connectivity index (χ4v) is 4.01. The first-order valence-electron chi connectivity index (χ1n) is 8.89. The fraction of sp³-hybridized carbons (Fsp3) is 0.227. The van der Waals surface area contributed by atoms with E-state index in [1.165, 1.54) is 0 Å². The number of amides is 1. The van der Waals surface area contributed by atoms with Gasteiger partial charge >= 0.3 is 0 Å². The number of carbonyl (C=O) groups excluding carboxylic acids is 2. The highest BCUT2D eigenvalue weighted by Crippen LogP contribution is 2.23. The second-order valence-corrected chi connectivity index (χ2v) is 7.90. The number of Topliss-reactive ketones (excluding diaryl/α,β-unsaturated/α-hetero) is 1. The van der Waals surface area contributed by atoms with Crippen molar-refractivity contribution in [2.24, 2.45) is 0 Å². The number of pyridine rings is 1. The van der Waals surface area contributed by atoms with Crippen LogP contribution in [0.2, 0.25) is 0 Å². The van der Waals surface area contributed by atoms with Gasteiger partial charge in [0.2, 0.25) is 5.91 Å². The average Bonchev–Trinajstić information content (AvgIpc) is 3.03. The molecule has 0 aliphatic heterocycles. The maximum absolute atomic E-state index is 12.5. The number of nitrogens with one attached hydrogen (secondary N) is 1. The van der Waals surface area contributed by atoms with E-state index in [0.717, 1.165) is 26.4 Å². The van der Waals surface area contributed by atoms with Gasteiger partial charge in [-0.2, -0.15) is 0 Å². The molecule has 1 aromatic carbocycles. The van der Waals surface area contributed by atoms with Crippen molar-refractivity contribution < 1.29 is 9.59 Å². The van der Waals surface area contributed by atoms with E-state index in [1.807, 2.05) is 62.4 Å². The lowest BCUT2D eigenvalue weighted by molar-refractivity contribution is -0.121. The predicted molar refractivity (Wildman–Crippen MR) is 108 cm³/mol. The molecule has 1 amide bonds. The number of hydrogen-bond donors (Lipinski definition) is 1. The van der Waals surface area contributed by atoms with E-state index in [9.17, 15) is 9.59 Å². The van der Waals surface area contributed by atoms with Crippen LogP contribution >= 0.6 is 11.3 Å². The van der Waals surface area contributed by atoms with E-state index in [1.54, 1.807) is 23.7 Å². The van der Waals surface area contributed by atoms with Gasteiger partial charge in [-0.3, -0.25) is 14.6 Å². The molecule has 0 aliphatic rings. The summed E-state index contributed by atoms with van der Waals surface area (Å²) in [6, 6.07) is 15.2. The Hall–Kier alpha value is -2.79. The number of thiophene rings is 1. The van der Waals surface area contributed by atoms with Gasteiger partial charge in [0, 0.05) is 40.6 Å². The van der Waals surface area contributed by atoms with Crippen LogP contribution in [0.25, 0.3) is 0 Å². The third-order valence-electron chi connectivity index (χ3n) is 4.40. The summed E-state index contributed by atoms with van der Waals surface area (Å²) in [5, 5.41) is 3.06. The first-order valence-corrected chi connectivity index (χ1v) is 9.70. The summed E-state index contributed by atoms with van der Waals surface area (Å²) in [5.74, 6) is -0.120. The molecule has 1 N–H and O–H groups in total. The van der Waals surface area contributed by atoms with Crippen LogP contribution in [0.4, 0.5) is 0 Å². The van der Waals surface area contributed by atoms with Gasteiger partial charge in [-0.05, 0) is 43.2 Å². The minimum atomic E-state index is -0.262. The highest BCUT2D eigenvalue weighted by Gasteiger charge is 2.18. The number of benzene rings is 1. The molecule has 2 heterocycles. The number of aromatic nitrogens is 1. The molecule has 0 bridgehead atoms. The average molecular weight is 378 g/mol. The maximum Gasteiger partial charge on any atom is 0.221 e. The molecule has 3 rings (SSSR count). The van der Waals surface area contributed by atoms with Gasteiger partial charge in [0.15, 0.2) is 5.78 Å². The minimum absolute atomic E-state index is 0.0205. The molecule has 0 saturated carbocycles. The number of hydrogen-bond acceptors (Lipinski definition) is 4. The van der Waals surface area contributed by atoms with Crippen LogP contribution in [-0.2, 0) is 4.79 Å². The van der Waals surface area contributed by atoms with Gasteiger partial charge in [-0.15, -0.1) is 11.3 Å². The quantitative estimate of drug-likeness (QED) is 0.610. The molecule has 0 spiro atoms. The number of aryl methyl sites for hydroxylation is 2. The Balaban J connectivity index is 1.68. The molecule has 0 saturated heterocycles. The standard InChI is InChI=1S/C22H22N2O2S/c1-15-14-19(16(2)27-15)20(25)8-9-21(26)24-22(17-6-4-3-5-7-17)18-10-12-23-13-11-18/h3-7,10-14,22H,8-9H2,1-2H3,(H,24,26). The van der Waals surface area contributed by atoms with Crippen molar-refractivity contribution in [3.05, 3.63) is 87.4 Å². The Morgan fingerprint density at radius 3 is 2.30 bits per heavy atom. The van der Waals surface area contributed by atoms with Crippen molar-refractivity contribution >= 4 is 23.0 Å². The van der Waals surface area contributed by atoms with E-state index in [0.29, 0.717) is 0 Å². The molecule has 1 unspecified atom stereocenters. The van der Waals surface area contributed by atoms with Gasteiger partial charge in [0.1, 0.15) is 0 Å². The Morgan fingerprint density at radius 1 is 1.00 bits per heavy atom. The predicted octanol–water partition coefficient (Wildman–Crippen LogP) is 4.63. The molecule has 1 atom stereocenters. The van der Waals surface area contributed by atoms with Crippen LogP contribution < -0.4 is 5.32 Å². The highest BCUT2D eigenvalue weighted by molar-refractivity contribution is 7.12. The minimum Gasteiger partial charge on any atom is -0.345 e. The van der Waals surface area contributed by atoms with Gasteiger partial charge in [-0.1, -0.05) is 30.3 Å². The van der Waals surface area contributed by atoms with Crippen molar-refractivity contribution in [2.75, 3.05) is 0 Å². The van der Waals surface area contributed by atoms with Crippen molar-refractivity contribution in [3.8, 4) is 0 Å². The van der Waals surface area contributed by atoms with E-state index in [2.05, 4.69) is 10.3 Å². The largest absolute Gasteiger partial charge is 0.345 e. The zero-order valence-electron chi connectivity index (χ0n) is 15.4. The molecule has 138 valence electrons. The fourth-order valence-electron chi connectivity index (χ4n) is 3.06. The summed E-state index contributed by atoms with van der Waals surface area (Å²) < 4.78 is 0. The van der Waals surface area contributed by atoms with Crippen LogP contribution in [-0.4, -0.2) is 16.7 Å². The Labute approximate surface area is 163 Å². The van der Waals surface area contributed by atoms with Crippen LogP contribution in [0.15, 0.2) is 60.9 Å². The van der Waals surface area contributed by atoms with Crippen molar-refractivity contribution in [1.82, 2.24) is 10.3 Å². The summed E-state index contributed by atoms with van der Waals surface area (Å²) in [6.45, 7) is 3.93. The molecule has 0 aliphatic carbocycles. The maximum atomic E-state index is 12.5. The second kappa shape index (κ2) is 8.73. The van der Waals surface area contributed by atoms with Crippen molar-refractivity contribution in [1.29, 1.82) is 0 Å². The topological polar surface area (TPSA) is 59.1 Å². The van der Waals surface area contributed by atoms with Crippen molar-refractivity contribution in [3.63, 3.8) is 0 Å². The van der Waals surface area contributed by atoms with E-state index in [4.69, 9.17) is 0 Å². The lowest BCUT2D eigenvalue weighted by atomic mass is 9.99. The van der Waals surface area contributed by atoms with Crippen LogP contribution in [0.3, 0.4) is 0 Å². The van der Waals surface area contributed by atoms with Gasteiger partial charge in [0.05, 0.1) is 6.04 Å². The summed E-state index contributed by atoms with van der Waals surface area (Å²) in [7, 11) is 0. The summed E-state index contributed by atoms with van der Waals surface area (Å²) in [5.41, 5.74) is 2.69. The van der Waals surface area contributed by atoms with Crippen molar-refractivity contribution in [2.45, 2.75) is 32.7 Å². The molecule has 0 radical (unpaired) electrons. The monoisotopic (exact) mass is 378 g/mol. The molecular formula is C22H22N2O2S. The van der Waals surface area contributed by atoms with Crippen LogP contribution in [0, 0.1) is 13.8 Å². The summed E-state index contributed by atoms with van der Waals surface area (Å²) >= 11 is 1.61. The number of nitrogens with zero attached hydrogens (tertiary/aromatic N) is 1. The van der Waals surface area contributed by atoms with E-state index in [-0.39, 0.29) is 30.6 Å². The third-order valence-corrected chi connectivity index (χ3v) is 5.36. The number of rotatable bonds is 7. The van der Waals surface area contributed by atoms with Gasteiger partial charge in [-0.25, -0.2) is 0 Å². The number of ketones is 1. The summed E-state index contributed by atoms with van der Waals surface area (Å²) in [4.78, 5) is 31.1. The molecule has 27 heavy (non-hydrogen) atoms. The first kappa shape index (κ1) is 19.0. The van der Waals surface area contributed by atoms with E-state index < -0.39 is 0 Å². The van der Waals surface area contributed by atoms with Gasteiger partial charge in [0.25, 0.3) is 0 Å². The molecule has 2 aromatic heterocycles. The zero-order valence-corrected chi connectivity index (χ0v) is 16.3. The molecule has 4 nitrogen and oxygen atoms in total. The van der Waals surface area contributed by atoms with E-state index >= 15 is 0 Å². The Kier molecular flexibility index (Phi) is 6.14. The lowest BCUT2D eigenvalue weighted by Gasteiger charge is -2.19. The molecule has 3 aromatic rings. The highest BCUT2D eigenvalue weighted by atomic mass is 32.1. The van der Waals surface area contributed by atoms with Crippen LogP contribution in [0.1, 0.15) is 50.1 Å². The molecule has 5 heteroatoms. The Morgan fingerprint density at radius 2 is 1.67 bits per heavy atom. The molecule has 0 fully saturated rings. The SMILES string of the molecule is Cc1cc(C(=O)CCC(=O)NC(c2ccccc2)c2ccncc2)c(C)s1. The smallest absolute Gasteiger partial charge is 0.221 e. The summed E-state index contributed by atoms with van der Waals surface area (Å²) in [6.07, 6.45) is 3.80. The zero-order chi connectivity index (χ0) is 19.2. The normalized spacial score (nSPS) is 11.8. The number of carbonyl (C=O) groups is 2.